The number of imide groups is 1. The lowest BCUT2D eigenvalue weighted by Crippen LogP contribution is -2.37. The van der Waals surface area contributed by atoms with Crippen LogP contribution in [0.1, 0.15) is 27.5 Å². The molecule has 0 radical (unpaired) electrons. The number of ether oxygens (including phenoxy) is 2. The number of fused-ring (bicyclic) bond motifs is 1. The van der Waals surface area contributed by atoms with Gasteiger partial charge in [0.15, 0.2) is 17.6 Å². The highest BCUT2D eigenvalue weighted by Crippen LogP contribution is 2.50. The molecule has 9 heteroatoms. The lowest BCUT2D eigenvalue weighted by Gasteiger charge is -2.30. The average Bonchev–Trinajstić information content (AvgIpc) is 3.39. The van der Waals surface area contributed by atoms with Crippen molar-refractivity contribution in [3.63, 3.8) is 0 Å². The van der Waals surface area contributed by atoms with Gasteiger partial charge in [0.05, 0.1) is 31.6 Å². The lowest BCUT2D eigenvalue weighted by molar-refractivity contribution is -0.126. The van der Waals surface area contributed by atoms with E-state index in [4.69, 9.17) is 14.3 Å². The van der Waals surface area contributed by atoms with Gasteiger partial charge in [0.1, 0.15) is 11.5 Å². The summed E-state index contributed by atoms with van der Waals surface area (Å²) in [6.45, 7) is 1.91. The minimum absolute atomic E-state index is 0.0196. The second-order valence-electron chi connectivity index (χ2n) is 8.58. The van der Waals surface area contributed by atoms with Crippen molar-refractivity contribution in [2.45, 2.75) is 19.1 Å². The van der Waals surface area contributed by atoms with Gasteiger partial charge in [-0.1, -0.05) is 42.0 Å². The van der Waals surface area contributed by atoms with E-state index in [1.54, 1.807) is 48.5 Å². The van der Waals surface area contributed by atoms with Gasteiger partial charge in [-0.2, -0.15) is 0 Å². The monoisotopic (exact) mass is 488 g/mol. The molecule has 3 aromatic rings. The van der Waals surface area contributed by atoms with Crippen molar-refractivity contribution in [2.75, 3.05) is 24.2 Å². The summed E-state index contributed by atoms with van der Waals surface area (Å²) in [7, 11) is 2.76. The van der Waals surface area contributed by atoms with Crippen LogP contribution in [0.25, 0.3) is 0 Å². The van der Waals surface area contributed by atoms with E-state index in [9.17, 15) is 19.5 Å². The summed E-state index contributed by atoms with van der Waals surface area (Å²) in [4.78, 5) is 47.0. The maximum Gasteiger partial charge on any atom is 0.339 e. The van der Waals surface area contributed by atoms with Crippen LogP contribution in [-0.2, 0) is 14.4 Å². The Hall–Kier alpha value is -4.37. The Kier molecular flexibility index (Phi) is 5.85. The predicted octanol–water partition coefficient (Wildman–Crippen LogP) is 3.76. The second kappa shape index (κ2) is 9.01. The molecule has 2 fully saturated rings. The topological polar surface area (TPSA) is 106 Å². The molecule has 0 bridgehead atoms. The fraction of sp³-hybridized carbons (Fsp3) is 0.222. The zero-order valence-electron chi connectivity index (χ0n) is 19.9. The number of hydrogen-bond acceptors (Lipinski definition) is 7. The molecule has 1 N–H and O–H groups in total. The quantitative estimate of drug-likeness (QED) is 0.523. The number of carbonyl (C=O) groups is 3. The van der Waals surface area contributed by atoms with Gasteiger partial charge in [0.25, 0.3) is 5.91 Å². The molecule has 0 spiro atoms. The number of anilines is 2. The van der Waals surface area contributed by atoms with E-state index < -0.39 is 35.8 Å². The highest BCUT2D eigenvalue weighted by atomic mass is 16.7. The number of para-hydroxylation sites is 1. The van der Waals surface area contributed by atoms with E-state index >= 15 is 0 Å². The normalized spacial score (nSPS) is 21.0. The second-order valence-corrected chi connectivity index (χ2v) is 8.58. The summed E-state index contributed by atoms with van der Waals surface area (Å²) in [6.07, 6.45) is -1.13. The van der Waals surface area contributed by atoms with Crippen molar-refractivity contribution in [1.29, 1.82) is 0 Å². The first kappa shape index (κ1) is 23.4. The van der Waals surface area contributed by atoms with Crippen LogP contribution in [0, 0.1) is 12.8 Å². The first-order chi connectivity index (χ1) is 17.4. The van der Waals surface area contributed by atoms with Crippen LogP contribution >= 0.6 is 0 Å². The summed E-state index contributed by atoms with van der Waals surface area (Å²) in [5.74, 6) is -2.97. The highest BCUT2D eigenvalue weighted by Gasteiger charge is 2.61. The van der Waals surface area contributed by atoms with Gasteiger partial charge in [-0.05, 0) is 42.8 Å². The third-order valence-corrected chi connectivity index (χ3v) is 6.53. The van der Waals surface area contributed by atoms with E-state index in [2.05, 4.69) is 0 Å². The number of hydroxylamine groups is 1. The zero-order chi connectivity index (χ0) is 25.6. The van der Waals surface area contributed by atoms with Gasteiger partial charge >= 0.3 is 5.97 Å². The number of carboxylic acids is 1. The molecule has 9 nitrogen and oxygen atoms in total. The number of benzene rings is 3. The molecule has 0 aliphatic carbocycles. The number of nitrogens with zero attached hydrogens (tertiary/aromatic N) is 2. The third-order valence-electron chi connectivity index (χ3n) is 6.53. The number of carbonyl (C=O) groups excluding carboxylic acids is 2. The summed E-state index contributed by atoms with van der Waals surface area (Å²) in [6, 6.07) is 18.2. The van der Waals surface area contributed by atoms with Crippen LogP contribution in [0.5, 0.6) is 11.5 Å². The maximum atomic E-state index is 13.8. The Balaban J connectivity index is 1.68. The van der Waals surface area contributed by atoms with E-state index in [1.807, 2.05) is 25.1 Å². The Bertz CT molecular complexity index is 1340. The molecule has 2 aliphatic heterocycles. The Labute approximate surface area is 207 Å². The molecule has 36 heavy (non-hydrogen) atoms. The van der Waals surface area contributed by atoms with E-state index in [0.717, 1.165) is 10.5 Å². The van der Waals surface area contributed by atoms with Crippen molar-refractivity contribution >= 4 is 29.2 Å². The number of aryl methyl sites for hydroxylation is 1. The minimum atomic E-state index is -1.26. The molecule has 2 heterocycles. The number of aromatic carboxylic acids is 1. The number of methoxy groups -OCH3 is 2. The number of rotatable bonds is 6. The minimum Gasteiger partial charge on any atom is -0.493 e. The van der Waals surface area contributed by atoms with Crippen molar-refractivity contribution < 1.29 is 33.8 Å². The molecule has 2 saturated heterocycles. The largest absolute Gasteiger partial charge is 0.493 e. The maximum absolute atomic E-state index is 13.8. The Morgan fingerprint density at radius 2 is 1.58 bits per heavy atom. The fourth-order valence-corrected chi connectivity index (χ4v) is 4.89. The summed E-state index contributed by atoms with van der Waals surface area (Å²) < 4.78 is 10.7. The van der Waals surface area contributed by atoms with Gasteiger partial charge in [-0.25, -0.2) is 14.8 Å². The van der Waals surface area contributed by atoms with Crippen LogP contribution in [0.3, 0.4) is 0 Å². The molecular formula is C27H24N2O7. The fourth-order valence-electron chi connectivity index (χ4n) is 4.89. The van der Waals surface area contributed by atoms with Gasteiger partial charge in [-0.3, -0.25) is 14.4 Å². The summed E-state index contributed by atoms with van der Waals surface area (Å²) >= 11 is 0. The first-order valence-electron chi connectivity index (χ1n) is 11.3. The van der Waals surface area contributed by atoms with E-state index in [0.29, 0.717) is 11.4 Å². The standard InChI is InChI=1S/C27H24N2O7/c1-15-9-11-16(12-10-15)28-25(30)21-22(18-13-14-19(34-2)23(35-3)20(18)27(32)33)29(36-24(21)26(28)31)17-7-5-4-6-8-17/h4-14,21-22,24H,1-3H3,(H,32,33)/t21-,22-,24+/m1/s1. The van der Waals surface area contributed by atoms with Crippen LogP contribution in [0.15, 0.2) is 66.7 Å². The summed E-state index contributed by atoms with van der Waals surface area (Å²) in [5.41, 5.74) is 2.10. The van der Waals surface area contributed by atoms with Crippen LogP contribution in [0.2, 0.25) is 0 Å². The van der Waals surface area contributed by atoms with Crippen LogP contribution < -0.4 is 19.4 Å². The molecule has 3 aromatic carbocycles. The molecule has 0 aromatic heterocycles. The van der Waals surface area contributed by atoms with Gasteiger partial charge in [0.2, 0.25) is 5.91 Å². The van der Waals surface area contributed by atoms with Crippen molar-refractivity contribution in [3.8, 4) is 11.5 Å². The van der Waals surface area contributed by atoms with Gasteiger partial charge < -0.3 is 14.6 Å². The molecule has 0 saturated carbocycles. The Morgan fingerprint density at radius 3 is 2.19 bits per heavy atom. The summed E-state index contributed by atoms with van der Waals surface area (Å²) in [5, 5.41) is 11.6. The molecule has 2 amide bonds. The Morgan fingerprint density at radius 1 is 0.889 bits per heavy atom. The smallest absolute Gasteiger partial charge is 0.339 e. The van der Waals surface area contributed by atoms with Crippen molar-refractivity contribution in [2.24, 2.45) is 5.92 Å². The molecule has 3 atom stereocenters. The number of carboxylic acid groups (broad SMARTS) is 1. The van der Waals surface area contributed by atoms with Crippen molar-refractivity contribution in [3.05, 3.63) is 83.4 Å². The van der Waals surface area contributed by atoms with Crippen LogP contribution in [-0.4, -0.2) is 43.2 Å². The van der Waals surface area contributed by atoms with Gasteiger partial charge in [-0.15, -0.1) is 0 Å². The lowest BCUT2D eigenvalue weighted by atomic mass is 9.87. The van der Waals surface area contributed by atoms with Crippen molar-refractivity contribution in [1.82, 2.24) is 0 Å². The highest BCUT2D eigenvalue weighted by molar-refractivity contribution is 6.24. The van der Waals surface area contributed by atoms with E-state index in [1.165, 1.54) is 19.3 Å². The molecule has 0 unspecified atom stereocenters. The average molecular weight is 488 g/mol. The van der Waals surface area contributed by atoms with Crippen LogP contribution in [0.4, 0.5) is 11.4 Å². The number of hydrogen-bond donors (Lipinski definition) is 1. The number of amides is 2. The SMILES string of the molecule is COc1ccc([C@@H]2[C@H]3C(=O)N(c4ccc(C)cc4)C(=O)[C@H]3ON2c2ccccc2)c(C(=O)O)c1OC. The third kappa shape index (κ3) is 3.56. The molecule has 5 rings (SSSR count). The van der Waals surface area contributed by atoms with E-state index in [-0.39, 0.29) is 22.6 Å². The predicted molar refractivity (Wildman–Crippen MR) is 130 cm³/mol. The molecule has 2 aliphatic rings. The molecular weight excluding hydrogens is 464 g/mol. The van der Waals surface area contributed by atoms with Gasteiger partial charge in [0, 0.05) is 0 Å². The zero-order valence-corrected chi connectivity index (χ0v) is 19.9. The first-order valence-corrected chi connectivity index (χ1v) is 11.3. The molecule has 184 valence electrons.